The average molecular weight is 425 g/mol. The molecule has 1 aliphatic rings. The van der Waals surface area contributed by atoms with Crippen LogP contribution in [-0.2, 0) is 9.53 Å². The normalized spacial score (nSPS) is 21.8. The monoisotopic (exact) mass is 424 g/mol. The number of hydrogen-bond donors (Lipinski definition) is 2. The fraction of sp³-hybridized carbons (Fsp3) is 0.826. The molecule has 0 spiro atoms. The molecule has 0 bridgehead atoms. The Morgan fingerprint density at radius 2 is 1.80 bits per heavy atom. The number of nitrogens with one attached hydrogen (secondary N) is 1. The van der Waals surface area contributed by atoms with Gasteiger partial charge in [-0.3, -0.25) is 9.79 Å². The third kappa shape index (κ3) is 9.04. The van der Waals surface area contributed by atoms with Gasteiger partial charge in [-0.25, -0.2) is 0 Å². The van der Waals surface area contributed by atoms with E-state index >= 15 is 0 Å². The molecule has 1 amide bonds. The SMILES string of the molecule is CC(C)CC(/C=C/CC(=O)NC1CC(C)(C)N(O)C(C)(C)C1)N=C([O-])OC(C)(C)C. The summed E-state index contributed by atoms with van der Waals surface area (Å²) in [6.07, 6.45) is 5.27. The zero-order valence-electron chi connectivity index (χ0n) is 20.3. The van der Waals surface area contributed by atoms with Crippen LogP contribution in [0.15, 0.2) is 17.1 Å². The van der Waals surface area contributed by atoms with Crippen molar-refractivity contribution in [3.05, 3.63) is 12.2 Å². The molecule has 1 saturated heterocycles. The van der Waals surface area contributed by atoms with Crippen molar-refractivity contribution in [1.29, 1.82) is 0 Å². The Morgan fingerprint density at radius 1 is 1.27 bits per heavy atom. The Kier molecular flexibility index (Phi) is 8.93. The number of aliphatic imine (C=N–C) groups is 1. The lowest BCUT2D eigenvalue weighted by molar-refractivity contribution is -0.260. The van der Waals surface area contributed by atoms with E-state index in [4.69, 9.17) is 4.74 Å². The van der Waals surface area contributed by atoms with Crippen molar-refractivity contribution in [3.63, 3.8) is 0 Å². The second-order valence-electron chi connectivity index (χ2n) is 11.0. The van der Waals surface area contributed by atoms with Gasteiger partial charge in [0.05, 0.1) is 6.04 Å². The van der Waals surface area contributed by atoms with Crippen LogP contribution in [0.2, 0.25) is 0 Å². The van der Waals surface area contributed by atoms with Crippen molar-refractivity contribution in [3.8, 4) is 0 Å². The Morgan fingerprint density at radius 3 is 2.27 bits per heavy atom. The average Bonchev–Trinajstić information content (AvgIpc) is 2.49. The van der Waals surface area contributed by atoms with Gasteiger partial charge in [-0.15, -0.1) is 0 Å². The van der Waals surface area contributed by atoms with Gasteiger partial charge in [0, 0.05) is 29.1 Å². The molecule has 7 heteroatoms. The van der Waals surface area contributed by atoms with Crippen LogP contribution >= 0.6 is 0 Å². The van der Waals surface area contributed by atoms with Gasteiger partial charge < -0.3 is 20.4 Å². The highest BCUT2D eigenvalue weighted by atomic mass is 16.6. The molecule has 1 rings (SSSR count). The molecule has 1 atom stereocenters. The minimum absolute atomic E-state index is 0.00258. The van der Waals surface area contributed by atoms with Gasteiger partial charge in [-0.2, -0.15) is 5.06 Å². The lowest BCUT2D eigenvalue weighted by Crippen LogP contribution is -2.62. The van der Waals surface area contributed by atoms with E-state index in [1.807, 2.05) is 54.5 Å². The van der Waals surface area contributed by atoms with E-state index in [0.717, 1.165) is 0 Å². The van der Waals surface area contributed by atoms with E-state index in [0.29, 0.717) is 25.2 Å². The van der Waals surface area contributed by atoms with Crippen molar-refractivity contribution in [2.24, 2.45) is 10.9 Å². The molecular formula is C23H42N3O4-. The summed E-state index contributed by atoms with van der Waals surface area (Å²) < 4.78 is 5.28. The Labute approximate surface area is 182 Å². The molecule has 0 aromatic carbocycles. The zero-order valence-corrected chi connectivity index (χ0v) is 20.3. The van der Waals surface area contributed by atoms with Crippen LogP contribution in [0.1, 0.15) is 88.0 Å². The maximum absolute atomic E-state index is 12.5. The van der Waals surface area contributed by atoms with Gasteiger partial charge in [0.15, 0.2) is 0 Å². The van der Waals surface area contributed by atoms with Gasteiger partial charge in [0.1, 0.15) is 6.08 Å². The number of carbonyl (C=O) groups is 1. The summed E-state index contributed by atoms with van der Waals surface area (Å²) in [7, 11) is 0. The highest BCUT2D eigenvalue weighted by Crippen LogP contribution is 2.36. The van der Waals surface area contributed by atoms with Crippen molar-refractivity contribution >= 4 is 12.0 Å². The molecular weight excluding hydrogens is 382 g/mol. The molecule has 0 aromatic rings. The summed E-state index contributed by atoms with van der Waals surface area (Å²) in [6, 6.07) is -0.319. The zero-order chi connectivity index (χ0) is 23.3. The Balaban J connectivity index is 2.70. The van der Waals surface area contributed by atoms with Gasteiger partial charge in [-0.1, -0.05) is 46.8 Å². The Hall–Kier alpha value is -1.60. The second kappa shape index (κ2) is 10.1. The third-order valence-electron chi connectivity index (χ3n) is 5.04. The maximum Gasteiger partial charge on any atom is 0.224 e. The van der Waals surface area contributed by atoms with E-state index in [9.17, 15) is 15.1 Å². The number of rotatable bonds is 7. The predicted octanol–water partition coefficient (Wildman–Crippen LogP) is 3.41. The fourth-order valence-corrected chi connectivity index (χ4v) is 4.07. The lowest BCUT2D eigenvalue weighted by Gasteiger charge is -2.51. The second-order valence-corrected chi connectivity index (χ2v) is 11.0. The van der Waals surface area contributed by atoms with Crippen LogP contribution in [0, 0.1) is 5.92 Å². The number of piperidine rings is 1. The highest BCUT2D eigenvalue weighted by molar-refractivity contribution is 5.77. The molecule has 30 heavy (non-hydrogen) atoms. The van der Waals surface area contributed by atoms with Crippen LogP contribution in [0.25, 0.3) is 0 Å². The quantitative estimate of drug-likeness (QED) is 0.371. The van der Waals surface area contributed by atoms with E-state index < -0.39 is 22.8 Å². The molecule has 7 nitrogen and oxygen atoms in total. The van der Waals surface area contributed by atoms with Gasteiger partial charge >= 0.3 is 0 Å². The van der Waals surface area contributed by atoms with E-state index in [1.54, 1.807) is 6.08 Å². The number of hydroxylamine groups is 2. The van der Waals surface area contributed by atoms with Crippen LogP contribution in [0.3, 0.4) is 0 Å². The van der Waals surface area contributed by atoms with Crippen LogP contribution in [-0.4, -0.2) is 51.0 Å². The van der Waals surface area contributed by atoms with Crippen molar-refractivity contribution in [2.45, 2.75) is 117 Å². The highest BCUT2D eigenvalue weighted by Gasteiger charge is 2.45. The van der Waals surface area contributed by atoms with Crippen molar-refractivity contribution < 1.29 is 19.8 Å². The number of ether oxygens (including phenoxy) is 1. The molecule has 1 aliphatic heterocycles. The number of nitrogens with zero attached hydrogens (tertiary/aromatic N) is 2. The van der Waals surface area contributed by atoms with Crippen molar-refractivity contribution in [1.82, 2.24) is 10.4 Å². The minimum atomic E-state index is -0.585. The summed E-state index contributed by atoms with van der Waals surface area (Å²) in [6.45, 7) is 17.4. The minimum Gasteiger partial charge on any atom is -0.595 e. The first kappa shape index (κ1) is 26.4. The van der Waals surface area contributed by atoms with E-state index in [2.05, 4.69) is 24.2 Å². The summed E-state index contributed by atoms with van der Waals surface area (Å²) in [5, 5.41) is 26.9. The lowest BCUT2D eigenvalue weighted by atomic mass is 9.79. The largest absolute Gasteiger partial charge is 0.595 e. The standard InChI is InChI=1S/C23H43N3O4/c1-16(2)13-17(25-20(28)30-21(3,4)5)11-10-12-19(27)24-18-14-22(6,7)26(29)23(8,9)15-18/h10-11,16-18,29H,12-15H2,1-9H3,(H,24,27)(H,25,28)/p-1/b11-10+. The first-order valence-corrected chi connectivity index (χ1v) is 10.9. The number of hydrogen-bond acceptors (Lipinski definition) is 6. The molecule has 1 unspecified atom stereocenters. The van der Waals surface area contributed by atoms with E-state index in [1.165, 1.54) is 5.06 Å². The van der Waals surface area contributed by atoms with Crippen LogP contribution in [0.5, 0.6) is 0 Å². The molecule has 1 fully saturated rings. The topological polar surface area (TPSA) is 97.2 Å². The number of carbonyl (C=O) groups excluding carboxylic acids is 1. The van der Waals surface area contributed by atoms with Gasteiger partial charge in [-0.05, 0) is 52.9 Å². The molecule has 0 aliphatic carbocycles. The van der Waals surface area contributed by atoms with Crippen LogP contribution < -0.4 is 10.4 Å². The number of amides is 1. The molecule has 174 valence electrons. The van der Waals surface area contributed by atoms with Gasteiger partial charge in [0.25, 0.3) is 0 Å². The van der Waals surface area contributed by atoms with Crippen molar-refractivity contribution in [2.75, 3.05) is 0 Å². The summed E-state index contributed by atoms with van der Waals surface area (Å²) in [5.41, 5.74) is -1.41. The molecule has 0 radical (unpaired) electrons. The maximum atomic E-state index is 12.5. The molecule has 0 saturated carbocycles. The predicted molar refractivity (Wildman–Crippen MR) is 118 cm³/mol. The van der Waals surface area contributed by atoms with E-state index in [-0.39, 0.29) is 24.4 Å². The summed E-state index contributed by atoms with van der Waals surface area (Å²) in [4.78, 5) is 16.6. The molecule has 2 N–H and O–H groups in total. The first-order valence-electron chi connectivity index (χ1n) is 10.9. The summed E-state index contributed by atoms with van der Waals surface area (Å²) in [5.74, 6) is 0.280. The van der Waals surface area contributed by atoms with Gasteiger partial charge in [0.2, 0.25) is 5.91 Å². The molecule has 1 heterocycles. The Bertz CT molecular complexity index is 615. The fourth-order valence-electron chi connectivity index (χ4n) is 4.07. The molecule has 0 aromatic heterocycles. The van der Waals surface area contributed by atoms with Crippen LogP contribution in [0.4, 0.5) is 0 Å². The smallest absolute Gasteiger partial charge is 0.224 e. The summed E-state index contributed by atoms with van der Waals surface area (Å²) >= 11 is 0. The third-order valence-corrected chi connectivity index (χ3v) is 5.04. The first-order chi connectivity index (χ1) is 13.5.